The number of thioether (sulfide) groups is 1. The molecule has 0 bridgehead atoms. The predicted octanol–water partition coefficient (Wildman–Crippen LogP) is 4.41. The van der Waals surface area contributed by atoms with Crippen LogP contribution in [-0.4, -0.2) is 34.7 Å². The number of halogens is 1. The van der Waals surface area contributed by atoms with E-state index < -0.39 is 9.84 Å². The van der Waals surface area contributed by atoms with Crippen LogP contribution in [0, 0.1) is 5.92 Å². The summed E-state index contributed by atoms with van der Waals surface area (Å²) in [6, 6.07) is 9.85. The molecule has 0 aliphatic rings. The van der Waals surface area contributed by atoms with Crippen LogP contribution in [0.2, 0.25) is 5.02 Å². The molecule has 2 aromatic heterocycles. The van der Waals surface area contributed by atoms with E-state index in [1.165, 1.54) is 23.9 Å². The Kier molecular flexibility index (Phi) is 6.29. The van der Waals surface area contributed by atoms with Gasteiger partial charge < -0.3 is 4.42 Å². The van der Waals surface area contributed by atoms with Crippen molar-refractivity contribution < 1.29 is 12.8 Å². The first-order valence-electron chi connectivity index (χ1n) is 8.45. The first-order chi connectivity index (χ1) is 12.9. The van der Waals surface area contributed by atoms with Crippen LogP contribution in [0.1, 0.15) is 13.8 Å². The van der Waals surface area contributed by atoms with Crippen molar-refractivity contribution >= 4 is 33.2 Å². The van der Waals surface area contributed by atoms with Gasteiger partial charge in [-0.25, -0.2) is 8.42 Å². The molecule has 3 aromatic rings. The second-order valence-electron chi connectivity index (χ2n) is 6.41. The zero-order valence-electron chi connectivity index (χ0n) is 15.0. The third kappa shape index (κ3) is 4.94. The fraction of sp³-hybridized carbons (Fsp3) is 0.333. The summed E-state index contributed by atoms with van der Waals surface area (Å²) in [6.45, 7) is 4.92. The van der Waals surface area contributed by atoms with Gasteiger partial charge in [-0.2, -0.15) is 0 Å². The second-order valence-corrected chi connectivity index (χ2v) is 10.0. The molecule has 0 spiro atoms. The number of furan rings is 1. The van der Waals surface area contributed by atoms with Crippen LogP contribution in [0.5, 0.6) is 0 Å². The van der Waals surface area contributed by atoms with Gasteiger partial charge >= 0.3 is 0 Å². The fourth-order valence-corrected chi connectivity index (χ4v) is 5.24. The lowest BCUT2D eigenvalue weighted by molar-refractivity contribution is 0.489. The Morgan fingerprint density at radius 1 is 1.19 bits per heavy atom. The summed E-state index contributed by atoms with van der Waals surface area (Å²) in [5.74, 6) is 2.05. The van der Waals surface area contributed by atoms with Crippen LogP contribution < -0.4 is 0 Å². The molecule has 0 radical (unpaired) electrons. The van der Waals surface area contributed by atoms with Gasteiger partial charge in [0.05, 0.1) is 16.9 Å². The van der Waals surface area contributed by atoms with Gasteiger partial charge in [-0.15, -0.1) is 10.2 Å². The molecular weight excluding hydrogens is 406 g/mol. The molecule has 0 aliphatic heterocycles. The molecule has 0 saturated heterocycles. The monoisotopic (exact) mass is 425 g/mol. The smallest absolute Gasteiger partial charge is 0.200 e. The van der Waals surface area contributed by atoms with E-state index in [2.05, 4.69) is 24.0 Å². The first kappa shape index (κ1) is 20.0. The molecule has 0 aliphatic carbocycles. The van der Waals surface area contributed by atoms with E-state index in [-0.39, 0.29) is 10.6 Å². The predicted molar refractivity (Wildman–Crippen MR) is 107 cm³/mol. The maximum absolute atomic E-state index is 12.5. The van der Waals surface area contributed by atoms with Crippen LogP contribution in [0.15, 0.2) is 57.1 Å². The van der Waals surface area contributed by atoms with E-state index in [4.69, 9.17) is 16.0 Å². The molecule has 144 valence electrons. The summed E-state index contributed by atoms with van der Waals surface area (Å²) in [7, 11) is -3.37. The standard InChI is InChI=1S/C18H20ClN3O3S2/c1-13(2)12-22-17(16-4-3-9-25-16)20-21-18(22)26-10-11-27(23,24)15-7-5-14(19)6-8-15/h3-9,13H,10-12H2,1-2H3. The van der Waals surface area contributed by atoms with Crippen molar-refractivity contribution in [1.29, 1.82) is 0 Å². The van der Waals surface area contributed by atoms with Crippen LogP contribution in [0.3, 0.4) is 0 Å². The Labute approximate surface area is 167 Å². The topological polar surface area (TPSA) is 78.0 Å². The Balaban J connectivity index is 1.73. The number of benzene rings is 1. The Bertz CT molecular complexity index is 982. The molecule has 0 amide bonds. The molecule has 2 heterocycles. The summed E-state index contributed by atoms with van der Waals surface area (Å²) >= 11 is 7.20. The zero-order valence-corrected chi connectivity index (χ0v) is 17.4. The van der Waals surface area contributed by atoms with E-state index >= 15 is 0 Å². The van der Waals surface area contributed by atoms with Crippen molar-refractivity contribution in [3.05, 3.63) is 47.7 Å². The SMILES string of the molecule is CC(C)Cn1c(SCCS(=O)(=O)c2ccc(Cl)cc2)nnc1-c1ccco1. The molecular formula is C18H20ClN3O3S2. The Morgan fingerprint density at radius 2 is 1.93 bits per heavy atom. The summed E-state index contributed by atoms with van der Waals surface area (Å²) in [5, 5.41) is 9.65. The van der Waals surface area contributed by atoms with E-state index in [1.807, 2.05) is 10.6 Å². The minimum atomic E-state index is -3.37. The lowest BCUT2D eigenvalue weighted by atomic mass is 10.2. The third-order valence-corrected chi connectivity index (χ3v) is 6.97. The maximum atomic E-state index is 12.5. The van der Waals surface area contributed by atoms with Crippen molar-refractivity contribution in [2.75, 3.05) is 11.5 Å². The molecule has 0 N–H and O–H groups in total. The zero-order chi connectivity index (χ0) is 19.4. The molecule has 1 aromatic carbocycles. The average Bonchev–Trinajstić information content (AvgIpc) is 3.25. The maximum Gasteiger partial charge on any atom is 0.200 e. The highest BCUT2D eigenvalue weighted by atomic mass is 35.5. The van der Waals surface area contributed by atoms with E-state index in [0.717, 1.165) is 6.54 Å². The van der Waals surface area contributed by atoms with Gasteiger partial charge in [-0.1, -0.05) is 37.2 Å². The van der Waals surface area contributed by atoms with Gasteiger partial charge in [-0.05, 0) is 42.3 Å². The van der Waals surface area contributed by atoms with Crippen LogP contribution in [0.25, 0.3) is 11.6 Å². The molecule has 0 atom stereocenters. The van der Waals surface area contributed by atoms with Crippen molar-refractivity contribution in [1.82, 2.24) is 14.8 Å². The molecule has 0 fully saturated rings. The van der Waals surface area contributed by atoms with E-state index in [9.17, 15) is 8.42 Å². The number of hydrogen-bond acceptors (Lipinski definition) is 6. The van der Waals surface area contributed by atoms with E-state index in [1.54, 1.807) is 24.5 Å². The van der Waals surface area contributed by atoms with Gasteiger partial charge in [0.15, 0.2) is 26.6 Å². The molecule has 0 unspecified atom stereocenters. The van der Waals surface area contributed by atoms with Crippen molar-refractivity contribution in [3.63, 3.8) is 0 Å². The van der Waals surface area contributed by atoms with E-state index in [0.29, 0.717) is 33.4 Å². The van der Waals surface area contributed by atoms with Crippen LogP contribution in [0.4, 0.5) is 0 Å². The highest BCUT2D eigenvalue weighted by molar-refractivity contribution is 8.00. The second kappa shape index (κ2) is 8.50. The number of aromatic nitrogens is 3. The summed E-state index contributed by atoms with van der Waals surface area (Å²) in [6.07, 6.45) is 1.59. The summed E-state index contributed by atoms with van der Waals surface area (Å²) < 4.78 is 32.4. The van der Waals surface area contributed by atoms with Crippen molar-refractivity contribution in [2.24, 2.45) is 5.92 Å². The highest BCUT2D eigenvalue weighted by Crippen LogP contribution is 2.26. The average molecular weight is 426 g/mol. The lowest BCUT2D eigenvalue weighted by Gasteiger charge is -2.11. The molecule has 6 nitrogen and oxygen atoms in total. The number of nitrogens with zero attached hydrogens (tertiary/aromatic N) is 3. The minimum Gasteiger partial charge on any atom is -0.461 e. The molecule has 0 saturated carbocycles. The fourth-order valence-electron chi connectivity index (χ4n) is 2.52. The Morgan fingerprint density at radius 3 is 2.56 bits per heavy atom. The normalized spacial score (nSPS) is 12.0. The van der Waals surface area contributed by atoms with Gasteiger partial charge in [-0.3, -0.25) is 4.57 Å². The van der Waals surface area contributed by atoms with Gasteiger partial charge in [0.25, 0.3) is 0 Å². The lowest BCUT2D eigenvalue weighted by Crippen LogP contribution is -2.11. The third-order valence-electron chi connectivity index (χ3n) is 3.76. The number of hydrogen-bond donors (Lipinski definition) is 0. The van der Waals surface area contributed by atoms with Gasteiger partial charge in [0.1, 0.15) is 0 Å². The van der Waals surface area contributed by atoms with Crippen LogP contribution in [-0.2, 0) is 16.4 Å². The first-order valence-corrected chi connectivity index (χ1v) is 11.5. The minimum absolute atomic E-state index is 0.00389. The van der Waals surface area contributed by atoms with Gasteiger partial charge in [0.2, 0.25) is 0 Å². The number of rotatable bonds is 8. The molecule has 3 rings (SSSR count). The molecule has 9 heteroatoms. The highest BCUT2D eigenvalue weighted by Gasteiger charge is 2.19. The van der Waals surface area contributed by atoms with Crippen molar-refractivity contribution in [3.8, 4) is 11.6 Å². The number of sulfone groups is 1. The summed E-state index contributed by atoms with van der Waals surface area (Å²) in [5.41, 5.74) is 0. The summed E-state index contributed by atoms with van der Waals surface area (Å²) in [4.78, 5) is 0.271. The van der Waals surface area contributed by atoms with Gasteiger partial charge in [0, 0.05) is 17.3 Å². The largest absolute Gasteiger partial charge is 0.461 e. The van der Waals surface area contributed by atoms with Crippen molar-refractivity contribution in [2.45, 2.75) is 30.4 Å². The van der Waals surface area contributed by atoms with Crippen LogP contribution >= 0.6 is 23.4 Å². The quantitative estimate of drug-likeness (QED) is 0.497. The molecule has 27 heavy (non-hydrogen) atoms. The Hall–Kier alpha value is -1.77.